The summed E-state index contributed by atoms with van der Waals surface area (Å²) >= 11 is 0. The lowest BCUT2D eigenvalue weighted by molar-refractivity contribution is -0.158. The summed E-state index contributed by atoms with van der Waals surface area (Å²) in [5, 5.41) is 0. The normalized spacial score (nSPS) is 21.0. The summed E-state index contributed by atoms with van der Waals surface area (Å²) in [6.07, 6.45) is 0.196. The molecule has 0 spiro atoms. The van der Waals surface area contributed by atoms with Crippen molar-refractivity contribution in [3.05, 3.63) is 35.9 Å². The van der Waals surface area contributed by atoms with E-state index < -0.39 is 23.2 Å². The lowest BCUT2D eigenvalue weighted by Crippen LogP contribution is -2.60. The fraction of sp³-hybridized carbons (Fsp3) is 0.600. The molecule has 26 heavy (non-hydrogen) atoms. The van der Waals surface area contributed by atoms with Crippen molar-refractivity contribution < 1.29 is 23.8 Å². The topological polar surface area (TPSA) is 65.1 Å². The highest BCUT2D eigenvalue weighted by Crippen LogP contribution is 2.31. The molecule has 0 bridgehead atoms. The third-order valence-electron chi connectivity index (χ3n) is 4.24. The van der Waals surface area contributed by atoms with E-state index in [4.69, 9.17) is 14.2 Å². The van der Waals surface area contributed by atoms with E-state index in [1.807, 2.05) is 51.1 Å². The molecule has 0 aliphatic carbocycles. The average molecular weight is 363 g/mol. The van der Waals surface area contributed by atoms with E-state index in [9.17, 15) is 9.59 Å². The molecule has 1 heterocycles. The van der Waals surface area contributed by atoms with Gasteiger partial charge < -0.3 is 14.2 Å². The fourth-order valence-corrected chi connectivity index (χ4v) is 3.10. The van der Waals surface area contributed by atoms with Crippen LogP contribution in [0, 0.1) is 0 Å². The second-order valence-electron chi connectivity index (χ2n) is 7.41. The molecule has 2 rings (SSSR count). The number of esters is 1. The number of benzene rings is 1. The lowest BCUT2D eigenvalue weighted by Gasteiger charge is -2.40. The van der Waals surface area contributed by atoms with Crippen LogP contribution in [0.1, 0.15) is 39.7 Å². The van der Waals surface area contributed by atoms with Gasteiger partial charge in [-0.2, -0.15) is 0 Å². The molecule has 1 aromatic rings. The summed E-state index contributed by atoms with van der Waals surface area (Å²) in [4.78, 5) is 27.4. The van der Waals surface area contributed by atoms with Crippen LogP contribution < -0.4 is 0 Å². The van der Waals surface area contributed by atoms with Crippen LogP contribution in [0.5, 0.6) is 0 Å². The zero-order chi connectivity index (χ0) is 19.2. The van der Waals surface area contributed by atoms with Crippen LogP contribution in [-0.4, -0.2) is 54.5 Å². The van der Waals surface area contributed by atoms with Crippen molar-refractivity contribution in [1.82, 2.24) is 4.90 Å². The molecule has 0 aromatic heterocycles. The number of carbonyl (C=O) groups is 2. The van der Waals surface area contributed by atoms with Crippen LogP contribution in [0.25, 0.3) is 0 Å². The largest absolute Gasteiger partial charge is 0.464 e. The maximum absolute atomic E-state index is 13.0. The Kier molecular flexibility index (Phi) is 6.64. The maximum atomic E-state index is 13.0. The number of ether oxygens (including phenoxy) is 3. The Hall–Kier alpha value is -2.08. The third-order valence-corrected chi connectivity index (χ3v) is 4.24. The number of hydrogen-bond donors (Lipinski definition) is 0. The van der Waals surface area contributed by atoms with Crippen LogP contribution in [0.3, 0.4) is 0 Å². The van der Waals surface area contributed by atoms with E-state index in [-0.39, 0.29) is 13.2 Å². The van der Waals surface area contributed by atoms with Gasteiger partial charge in [0.15, 0.2) is 0 Å². The van der Waals surface area contributed by atoms with Crippen LogP contribution in [0.2, 0.25) is 0 Å². The van der Waals surface area contributed by atoms with Crippen molar-refractivity contribution in [3.8, 4) is 0 Å². The molecular formula is C20H29NO5. The molecule has 1 atom stereocenters. The zero-order valence-electron chi connectivity index (χ0n) is 16.1. The minimum Gasteiger partial charge on any atom is -0.464 e. The number of carbonyl (C=O) groups excluding carboxylic acids is 2. The van der Waals surface area contributed by atoms with E-state index in [1.54, 1.807) is 6.92 Å². The van der Waals surface area contributed by atoms with Gasteiger partial charge >= 0.3 is 12.1 Å². The van der Waals surface area contributed by atoms with Crippen LogP contribution in [0.4, 0.5) is 4.79 Å². The van der Waals surface area contributed by atoms with Gasteiger partial charge in [0.05, 0.1) is 13.2 Å². The first-order valence-electron chi connectivity index (χ1n) is 9.08. The van der Waals surface area contributed by atoms with Gasteiger partial charge in [-0.15, -0.1) is 0 Å². The molecule has 6 heteroatoms. The Bertz CT molecular complexity index is 610. The first-order chi connectivity index (χ1) is 12.3. The van der Waals surface area contributed by atoms with Crippen LogP contribution >= 0.6 is 0 Å². The Balaban J connectivity index is 2.43. The van der Waals surface area contributed by atoms with Crippen molar-refractivity contribution in [2.24, 2.45) is 0 Å². The summed E-state index contributed by atoms with van der Waals surface area (Å²) in [5.74, 6) is -0.416. The fourth-order valence-electron chi connectivity index (χ4n) is 3.10. The molecule has 1 saturated heterocycles. The van der Waals surface area contributed by atoms with Crippen LogP contribution in [0.15, 0.2) is 30.3 Å². The van der Waals surface area contributed by atoms with Gasteiger partial charge in [0.1, 0.15) is 11.1 Å². The van der Waals surface area contributed by atoms with E-state index in [1.165, 1.54) is 4.90 Å². The molecular weight excluding hydrogens is 334 g/mol. The Morgan fingerprint density at radius 2 is 1.88 bits per heavy atom. The predicted octanol–water partition coefficient (Wildman–Crippen LogP) is 3.19. The average Bonchev–Trinajstić information content (AvgIpc) is 2.78. The van der Waals surface area contributed by atoms with E-state index >= 15 is 0 Å². The second-order valence-corrected chi connectivity index (χ2v) is 7.41. The molecule has 1 aliphatic rings. The molecule has 0 saturated carbocycles. The van der Waals surface area contributed by atoms with Crippen molar-refractivity contribution in [2.75, 3.05) is 26.4 Å². The SMILES string of the molecule is CCOC(=O)C1(Cc2ccccc2)CCOCCN1C(=O)OC(C)(C)C. The summed E-state index contributed by atoms with van der Waals surface area (Å²) in [5.41, 5.74) is -0.843. The molecule has 1 aliphatic heterocycles. The molecule has 6 nitrogen and oxygen atoms in total. The number of nitrogens with zero attached hydrogens (tertiary/aromatic N) is 1. The molecule has 0 radical (unpaired) electrons. The zero-order valence-corrected chi connectivity index (χ0v) is 16.1. The van der Waals surface area contributed by atoms with Gasteiger partial charge in [0.25, 0.3) is 0 Å². The second kappa shape index (κ2) is 8.54. The highest BCUT2D eigenvalue weighted by molar-refractivity contribution is 5.86. The molecule has 1 amide bonds. The maximum Gasteiger partial charge on any atom is 0.411 e. The third kappa shape index (κ3) is 4.97. The van der Waals surface area contributed by atoms with Crippen molar-refractivity contribution in [1.29, 1.82) is 0 Å². The Morgan fingerprint density at radius 3 is 2.50 bits per heavy atom. The first-order valence-corrected chi connectivity index (χ1v) is 9.08. The summed E-state index contributed by atoms with van der Waals surface area (Å²) < 4.78 is 16.5. The van der Waals surface area contributed by atoms with Gasteiger partial charge in [-0.25, -0.2) is 9.59 Å². The highest BCUT2D eigenvalue weighted by Gasteiger charge is 2.49. The predicted molar refractivity (Wildman–Crippen MR) is 97.9 cm³/mol. The molecule has 144 valence electrons. The van der Waals surface area contributed by atoms with Gasteiger partial charge in [0.2, 0.25) is 0 Å². The minimum absolute atomic E-state index is 0.248. The van der Waals surface area contributed by atoms with E-state index in [2.05, 4.69) is 0 Å². The van der Waals surface area contributed by atoms with E-state index in [0.29, 0.717) is 26.1 Å². The number of amides is 1. The number of hydrogen-bond acceptors (Lipinski definition) is 5. The lowest BCUT2D eigenvalue weighted by atomic mass is 9.86. The Labute approximate surface area is 155 Å². The molecule has 0 N–H and O–H groups in total. The monoisotopic (exact) mass is 363 g/mol. The van der Waals surface area contributed by atoms with Gasteiger partial charge in [-0.1, -0.05) is 30.3 Å². The van der Waals surface area contributed by atoms with Crippen molar-refractivity contribution in [3.63, 3.8) is 0 Å². The van der Waals surface area contributed by atoms with Gasteiger partial charge in [-0.05, 0) is 33.3 Å². The standard InChI is InChI=1S/C20H29NO5/c1-5-25-17(22)20(15-16-9-7-6-8-10-16)11-13-24-14-12-21(20)18(23)26-19(2,3)4/h6-10H,5,11-15H2,1-4H3. The molecule has 1 unspecified atom stereocenters. The highest BCUT2D eigenvalue weighted by atomic mass is 16.6. The van der Waals surface area contributed by atoms with Crippen LogP contribution in [-0.2, 0) is 25.4 Å². The minimum atomic E-state index is -1.14. The summed E-state index contributed by atoms with van der Waals surface area (Å²) in [7, 11) is 0. The van der Waals surface area contributed by atoms with Gasteiger partial charge in [-0.3, -0.25) is 4.90 Å². The first kappa shape index (κ1) is 20.2. The molecule has 1 aromatic carbocycles. The van der Waals surface area contributed by atoms with Crippen molar-refractivity contribution in [2.45, 2.75) is 51.7 Å². The smallest absolute Gasteiger partial charge is 0.411 e. The van der Waals surface area contributed by atoms with Crippen molar-refractivity contribution >= 4 is 12.1 Å². The quantitative estimate of drug-likeness (QED) is 0.769. The van der Waals surface area contributed by atoms with E-state index in [0.717, 1.165) is 5.56 Å². The Morgan fingerprint density at radius 1 is 1.19 bits per heavy atom. The molecule has 1 fully saturated rings. The summed E-state index contributed by atoms with van der Waals surface area (Å²) in [6, 6.07) is 9.64. The van der Waals surface area contributed by atoms with Gasteiger partial charge in [0, 0.05) is 26.0 Å². The summed E-state index contributed by atoms with van der Waals surface area (Å²) in [6.45, 7) is 8.45. The number of rotatable bonds is 4.